The van der Waals surface area contributed by atoms with Gasteiger partial charge in [0.2, 0.25) is 0 Å². The highest BCUT2D eigenvalue weighted by atomic mass is 32.2. The number of thioether (sulfide) groups is 1. The van der Waals surface area contributed by atoms with E-state index >= 15 is 0 Å². The maximum Gasteiger partial charge on any atom is 0.123 e. The van der Waals surface area contributed by atoms with Crippen molar-refractivity contribution in [2.75, 3.05) is 6.26 Å². The van der Waals surface area contributed by atoms with Crippen LogP contribution in [-0.4, -0.2) is 6.26 Å². The lowest BCUT2D eigenvalue weighted by Crippen LogP contribution is -2.29. The van der Waals surface area contributed by atoms with Gasteiger partial charge in [-0.2, -0.15) is 0 Å². The van der Waals surface area contributed by atoms with Crippen LogP contribution in [0.25, 0.3) is 0 Å². The summed E-state index contributed by atoms with van der Waals surface area (Å²) in [5.74, 6) is 5.49. The number of benzene rings is 2. The van der Waals surface area contributed by atoms with Gasteiger partial charge in [0.25, 0.3) is 0 Å². The Balaban J connectivity index is 2.50. The van der Waals surface area contributed by atoms with Crippen LogP contribution in [0, 0.1) is 12.7 Å². The second-order valence-electron chi connectivity index (χ2n) is 4.34. The lowest BCUT2D eigenvalue weighted by atomic mass is 9.95. The zero-order valence-corrected chi connectivity index (χ0v) is 11.8. The van der Waals surface area contributed by atoms with Crippen LogP contribution in [0.1, 0.15) is 22.7 Å². The van der Waals surface area contributed by atoms with E-state index in [1.807, 2.05) is 31.4 Å². The highest BCUT2D eigenvalue weighted by Gasteiger charge is 2.17. The van der Waals surface area contributed by atoms with Crippen LogP contribution in [-0.2, 0) is 0 Å². The minimum atomic E-state index is -0.227. The van der Waals surface area contributed by atoms with Crippen LogP contribution < -0.4 is 11.3 Å². The molecular formula is C15H17FN2S. The number of hydrogen-bond acceptors (Lipinski definition) is 3. The Kier molecular flexibility index (Phi) is 4.58. The molecule has 0 amide bonds. The molecule has 0 radical (unpaired) electrons. The number of halogens is 1. The van der Waals surface area contributed by atoms with Crippen LogP contribution in [0.5, 0.6) is 0 Å². The Morgan fingerprint density at radius 3 is 2.53 bits per heavy atom. The van der Waals surface area contributed by atoms with Crippen LogP contribution in [0.3, 0.4) is 0 Å². The predicted molar refractivity (Wildman–Crippen MR) is 78.5 cm³/mol. The van der Waals surface area contributed by atoms with Gasteiger partial charge in [0.05, 0.1) is 6.04 Å². The number of aryl methyl sites for hydroxylation is 1. The van der Waals surface area contributed by atoms with Gasteiger partial charge in [0, 0.05) is 4.90 Å². The van der Waals surface area contributed by atoms with E-state index in [1.165, 1.54) is 12.1 Å². The molecule has 4 heteroatoms. The van der Waals surface area contributed by atoms with Gasteiger partial charge in [-0.05, 0) is 48.1 Å². The molecule has 0 aliphatic rings. The topological polar surface area (TPSA) is 38.0 Å². The Labute approximate surface area is 117 Å². The Morgan fingerprint density at radius 2 is 1.89 bits per heavy atom. The summed E-state index contributed by atoms with van der Waals surface area (Å²) in [5, 5.41) is 0. The molecule has 0 bridgehead atoms. The molecule has 3 N–H and O–H groups in total. The summed E-state index contributed by atoms with van der Waals surface area (Å²) in [6, 6.07) is 12.7. The van der Waals surface area contributed by atoms with Crippen molar-refractivity contribution in [3.05, 3.63) is 65.0 Å². The summed E-state index contributed by atoms with van der Waals surface area (Å²) >= 11 is 1.67. The van der Waals surface area contributed by atoms with Crippen LogP contribution >= 0.6 is 11.8 Å². The van der Waals surface area contributed by atoms with E-state index in [-0.39, 0.29) is 11.9 Å². The van der Waals surface area contributed by atoms with Gasteiger partial charge in [-0.3, -0.25) is 5.84 Å². The van der Waals surface area contributed by atoms with Crippen LogP contribution in [0.2, 0.25) is 0 Å². The first-order chi connectivity index (χ1) is 9.17. The molecule has 0 spiro atoms. The third kappa shape index (κ3) is 2.97. The minimum Gasteiger partial charge on any atom is -0.271 e. The molecule has 2 aromatic carbocycles. The lowest BCUT2D eigenvalue weighted by molar-refractivity contribution is 0.608. The monoisotopic (exact) mass is 276 g/mol. The molecular weight excluding hydrogens is 259 g/mol. The summed E-state index contributed by atoms with van der Waals surface area (Å²) in [7, 11) is 0. The average Bonchev–Trinajstić information content (AvgIpc) is 2.42. The molecule has 0 aliphatic carbocycles. The maximum atomic E-state index is 13.2. The fourth-order valence-electron chi connectivity index (χ4n) is 2.22. The van der Waals surface area contributed by atoms with E-state index < -0.39 is 0 Å². The van der Waals surface area contributed by atoms with E-state index in [9.17, 15) is 4.39 Å². The highest BCUT2D eigenvalue weighted by molar-refractivity contribution is 7.98. The largest absolute Gasteiger partial charge is 0.271 e. The number of rotatable bonds is 4. The van der Waals surface area contributed by atoms with Gasteiger partial charge in [-0.25, -0.2) is 9.82 Å². The summed E-state index contributed by atoms with van der Waals surface area (Å²) in [6.45, 7) is 1.89. The Morgan fingerprint density at radius 1 is 1.16 bits per heavy atom. The van der Waals surface area contributed by atoms with Gasteiger partial charge >= 0.3 is 0 Å². The number of nitrogens with one attached hydrogen (secondary N) is 1. The van der Waals surface area contributed by atoms with Crippen molar-refractivity contribution < 1.29 is 4.39 Å². The zero-order chi connectivity index (χ0) is 13.8. The lowest BCUT2D eigenvalue weighted by Gasteiger charge is -2.21. The van der Waals surface area contributed by atoms with Crippen molar-refractivity contribution in [3.8, 4) is 0 Å². The fraction of sp³-hybridized carbons (Fsp3) is 0.200. The smallest absolute Gasteiger partial charge is 0.123 e. The third-order valence-corrected chi connectivity index (χ3v) is 3.97. The maximum absolute atomic E-state index is 13.2. The first kappa shape index (κ1) is 14.1. The molecule has 0 aliphatic heterocycles. The molecule has 2 nitrogen and oxygen atoms in total. The highest BCUT2D eigenvalue weighted by Crippen LogP contribution is 2.31. The van der Waals surface area contributed by atoms with Gasteiger partial charge in [-0.1, -0.05) is 24.3 Å². The van der Waals surface area contributed by atoms with Crippen molar-refractivity contribution >= 4 is 11.8 Å². The van der Waals surface area contributed by atoms with Crippen molar-refractivity contribution in [3.63, 3.8) is 0 Å². The first-order valence-corrected chi connectivity index (χ1v) is 7.25. The van der Waals surface area contributed by atoms with E-state index in [1.54, 1.807) is 17.8 Å². The van der Waals surface area contributed by atoms with Crippen molar-refractivity contribution in [2.24, 2.45) is 5.84 Å². The minimum absolute atomic E-state index is 0.135. The van der Waals surface area contributed by atoms with Gasteiger partial charge in [-0.15, -0.1) is 11.8 Å². The summed E-state index contributed by atoms with van der Waals surface area (Å²) in [4.78, 5) is 1.16. The first-order valence-electron chi connectivity index (χ1n) is 6.02. The molecule has 0 heterocycles. The van der Waals surface area contributed by atoms with Crippen LogP contribution in [0.15, 0.2) is 47.4 Å². The fourth-order valence-corrected chi connectivity index (χ4v) is 2.85. The molecule has 1 unspecified atom stereocenters. The molecule has 2 rings (SSSR count). The molecule has 100 valence electrons. The standard InChI is InChI=1S/C15H17FN2S/c1-10-9-11(16)7-8-12(10)15(18-17)13-5-3-4-6-14(13)19-2/h3-9,15,18H,17H2,1-2H3. The predicted octanol–water partition coefficient (Wildman–Crippen LogP) is 3.41. The summed E-state index contributed by atoms with van der Waals surface area (Å²) in [5.41, 5.74) is 5.82. The quantitative estimate of drug-likeness (QED) is 0.510. The number of hydrazine groups is 1. The van der Waals surface area contributed by atoms with E-state index in [0.29, 0.717) is 0 Å². The van der Waals surface area contributed by atoms with E-state index in [0.717, 1.165) is 21.6 Å². The van der Waals surface area contributed by atoms with Gasteiger partial charge < -0.3 is 0 Å². The van der Waals surface area contributed by atoms with Crippen molar-refractivity contribution in [1.29, 1.82) is 0 Å². The third-order valence-electron chi connectivity index (χ3n) is 3.16. The molecule has 0 saturated heterocycles. The average molecular weight is 276 g/mol. The second kappa shape index (κ2) is 6.19. The van der Waals surface area contributed by atoms with Crippen LogP contribution in [0.4, 0.5) is 4.39 Å². The van der Waals surface area contributed by atoms with Gasteiger partial charge in [0.15, 0.2) is 0 Å². The van der Waals surface area contributed by atoms with Crippen molar-refractivity contribution in [2.45, 2.75) is 17.9 Å². The molecule has 19 heavy (non-hydrogen) atoms. The van der Waals surface area contributed by atoms with E-state index in [2.05, 4.69) is 11.5 Å². The number of nitrogens with two attached hydrogens (primary N) is 1. The SMILES string of the molecule is CSc1ccccc1C(NN)c1ccc(F)cc1C. The Bertz CT molecular complexity index is 572. The van der Waals surface area contributed by atoms with Gasteiger partial charge in [0.1, 0.15) is 5.82 Å². The Hall–Kier alpha value is -1.36. The summed E-state index contributed by atoms with van der Waals surface area (Å²) in [6.07, 6.45) is 2.03. The second-order valence-corrected chi connectivity index (χ2v) is 5.19. The van der Waals surface area contributed by atoms with Crippen molar-refractivity contribution in [1.82, 2.24) is 5.43 Å². The summed E-state index contributed by atoms with van der Waals surface area (Å²) < 4.78 is 13.2. The molecule has 0 aromatic heterocycles. The van der Waals surface area contributed by atoms with E-state index in [4.69, 9.17) is 5.84 Å². The normalized spacial score (nSPS) is 12.4. The molecule has 2 aromatic rings. The number of hydrogen-bond donors (Lipinski definition) is 2. The zero-order valence-electron chi connectivity index (χ0n) is 11.0. The molecule has 1 atom stereocenters. The molecule has 0 fully saturated rings. The molecule has 0 saturated carbocycles.